The molecule has 20 heavy (non-hydrogen) atoms. The number of carboxylic acid groups (broad SMARTS) is 1. The van der Waals surface area contributed by atoms with Gasteiger partial charge in [-0.2, -0.15) is 13.2 Å². The van der Waals surface area contributed by atoms with E-state index in [1.165, 1.54) is 5.32 Å². The fourth-order valence-electron chi connectivity index (χ4n) is 1.34. The molecule has 0 aliphatic rings. The summed E-state index contributed by atoms with van der Waals surface area (Å²) in [5.41, 5.74) is -0.876. The summed E-state index contributed by atoms with van der Waals surface area (Å²) in [6.45, 7) is 0. The molecule has 0 spiro atoms. The van der Waals surface area contributed by atoms with Crippen molar-refractivity contribution in [3.8, 4) is 0 Å². The summed E-state index contributed by atoms with van der Waals surface area (Å²) in [5.74, 6) is -5.55. The third-order valence-corrected chi connectivity index (χ3v) is 2.21. The van der Waals surface area contributed by atoms with Crippen molar-refractivity contribution in [1.29, 1.82) is 0 Å². The molecule has 1 amide bonds. The highest BCUT2D eigenvalue weighted by Gasteiger charge is 2.36. The molecule has 1 rings (SSSR count). The Morgan fingerprint density at radius 2 is 1.85 bits per heavy atom. The SMILES string of the molecule is O=C(NC(CC(F)(F)F)C(=O)O)c1cc(F)ccc1F. The largest absolute Gasteiger partial charge is 0.480 e. The molecule has 0 bridgehead atoms. The quantitative estimate of drug-likeness (QED) is 0.836. The lowest BCUT2D eigenvalue weighted by atomic mass is 10.1. The molecule has 0 fully saturated rings. The molecule has 0 radical (unpaired) electrons. The van der Waals surface area contributed by atoms with Gasteiger partial charge in [0.25, 0.3) is 5.91 Å². The highest BCUT2D eigenvalue weighted by atomic mass is 19.4. The number of halogens is 5. The van der Waals surface area contributed by atoms with Crippen molar-refractivity contribution in [1.82, 2.24) is 5.32 Å². The Hall–Kier alpha value is -2.19. The molecular formula is C11H8F5NO3. The van der Waals surface area contributed by atoms with Crippen molar-refractivity contribution in [2.75, 3.05) is 0 Å². The second kappa shape index (κ2) is 5.85. The molecule has 110 valence electrons. The summed E-state index contributed by atoms with van der Waals surface area (Å²) in [7, 11) is 0. The third-order valence-electron chi connectivity index (χ3n) is 2.21. The molecule has 0 saturated carbocycles. The van der Waals surface area contributed by atoms with E-state index in [1.807, 2.05) is 0 Å². The van der Waals surface area contributed by atoms with Crippen molar-refractivity contribution in [3.63, 3.8) is 0 Å². The maximum Gasteiger partial charge on any atom is 0.391 e. The maximum atomic E-state index is 13.2. The summed E-state index contributed by atoms with van der Waals surface area (Å²) in [6.07, 6.45) is -6.66. The van der Waals surface area contributed by atoms with E-state index >= 15 is 0 Å². The number of hydrogen-bond acceptors (Lipinski definition) is 2. The van der Waals surface area contributed by atoms with Gasteiger partial charge in [-0.15, -0.1) is 0 Å². The first kappa shape index (κ1) is 15.9. The molecule has 0 heterocycles. The fraction of sp³-hybridized carbons (Fsp3) is 0.273. The van der Waals surface area contributed by atoms with E-state index in [1.54, 1.807) is 0 Å². The van der Waals surface area contributed by atoms with Crippen LogP contribution in [-0.2, 0) is 4.79 Å². The van der Waals surface area contributed by atoms with Gasteiger partial charge in [0.15, 0.2) is 0 Å². The molecule has 9 heteroatoms. The van der Waals surface area contributed by atoms with E-state index in [2.05, 4.69) is 0 Å². The van der Waals surface area contributed by atoms with Gasteiger partial charge >= 0.3 is 12.1 Å². The zero-order chi connectivity index (χ0) is 15.5. The first-order chi connectivity index (χ1) is 9.10. The van der Waals surface area contributed by atoms with E-state index < -0.39 is 47.7 Å². The zero-order valence-corrected chi connectivity index (χ0v) is 9.67. The van der Waals surface area contributed by atoms with Gasteiger partial charge in [-0.25, -0.2) is 13.6 Å². The highest BCUT2D eigenvalue weighted by Crippen LogP contribution is 2.22. The molecule has 0 aliphatic carbocycles. The summed E-state index contributed by atoms with van der Waals surface area (Å²) >= 11 is 0. The van der Waals surface area contributed by atoms with E-state index in [0.29, 0.717) is 18.2 Å². The summed E-state index contributed by atoms with van der Waals surface area (Å²) in [6, 6.07) is -0.526. The van der Waals surface area contributed by atoms with Crippen LogP contribution in [0.4, 0.5) is 22.0 Å². The smallest absolute Gasteiger partial charge is 0.391 e. The van der Waals surface area contributed by atoms with Crippen LogP contribution in [0.2, 0.25) is 0 Å². The molecule has 1 atom stereocenters. The number of nitrogens with one attached hydrogen (secondary N) is 1. The van der Waals surface area contributed by atoms with Crippen LogP contribution in [0.1, 0.15) is 16.8 Å². The average Bonchev–Trinajstić information content (AvgIpc) is 2.29. The number of carboxylic acids is 1. The summed E-state index contributed by atoms with van der Waals surface area (Å²) < 4.78 is 62.4. The summed E-state index contributed by atoms with van der Waals surface area (Å²) in [4.78, 5) is 22.1. The van der Waals surface area contributed by atoms with Crippen LogP contribution in [-0.4, -0.2) is 29.2 Å². The lowest BCUT2D eigenvalue weighted by Crippen LogP contribution is -2.43. The van der Waals surface area contributed by atoms with Crippen molar-refractivity contribution in [3.05, 3.63) is 35.4 Å². The molecule has 0 aromatic heterocycles. The van der Waals surface area contributed by atoms with Crippen LogP contribution in [0.15, 0.2) is 18.2 Å². The topological polar surface area (TPSA) is 66.4 Å². The molecule has 4 nitrogen and oxygen atoms in total. The molecule has 2 N–H and O–H groups in total. The number of hydrogen-bond donors (Lipinski definition) is 2. The second-order valence-electron chi connectivity index (χ2n) is 3.81. The number of aliphatic carboxylic acids is 1. The number of carbonyl (C=O) groups excluding carboxylic acids is 1. The van der Waals surface area contributed by atoms with E-state index in [9.17, 15) is 31.5 Å². The van der Waals surface area contributed by atoms with E-state index in [4.69, 9.17) is 5.11 Å². The van der Waals surface area contributed by atoms with Gasteiger partial charge in [0, 0.05) is 0 Å². The van der Waals surface area contributed by atoms with Crippen LogP contribution in [0.25, 0.3) is 0 Å². The van der Waals surface area contributed by atoms with Gasteiger partial charge in [-0.3, -0.25) is 4.79 Å². The Morgan fingerprint density at radius 1 is 1.25 bits per heavy atom. The minimum Gasteiger partial charge on any atom is -0.480 e. The predicted octanol–water partition coefficient (Wildman–Crippen LogP) is 2.10. The molecule has 0 aliphatic heterocycles. The Morgan fingerprint density at radius 3 is 2.35 bits per heavy atom. The van der Waals surface area contributed by atoms with Crippen LogP contribution in [0.5, 0.6) is 0 Å². The Kier molecular flexibility index (Phi) is 4.64. The molecule has 0 saturated heterocycles. The van der Waals surface area contributed by atoms with Crippen molar-refractivity contribution in [2.24, 2.45) is 0 Å². The lowest BCUT2D eigenvalue weighted by Gasteiger charge is -2.16. The summed E-state index contributed by atoms with van der Waals surface area (Å²) in [5, 5.41) is 10.1. The normalized spacial score (nSPS) is 12.8. The minimum atomic E-state index is -4.84. The van der Waals surface area contributed by atoms with Gasteiger partial charge in [-0.1, -0.05) is 0 Å². The minimum absolute atomic E-state index is 0.456. The Bertz CT molecular complexity index is 529. The number of amides is 1. The number of rotatable bonds is 4. The van der Waals surface area contributed by atoms with Crippen LogP contribution < -0.4 is 5.32 Å². The van der Waals surface area contributed by atoms with Crippen LogP contribution >= 0.6 is 0 Å². The van der Waals surface area contributed by atoms with Gasteiger partial charge in [0.1, 0.15) is 17.7 Å². The first-order valence-electron chi connectivity index (χ1n) is 5.15. The van der Waals surface area contributed by atoms with Gasteiger partial charge in [-0.05, 0) is 18.2 Å². The average molecular weight is 297 g/mol. The van der Waals surface area contributed by atoms with Gasteiger partial charge < -0.3 is 10.4 Å². The van der Waals surface area contributed by atoms with Crippen molar-refractivity contribution >= 4 is 11.9 Å². The number of benzene rings is 1. The fourth-order valence-corrected chi connectivity index (χ4v) is 1.34. The molecule has 1 aromatic carbocycles. The molecular weight excluding hydrogens is 289 g/mol. The zero-order valence-electron chi connectivity index (χ0n) is 9.67. The predicted molar refractivity (Wildman–Crippen MR) is 55.9 cm³/mol. The molecule has 1 unspecified atom stereocenters. The third kappa shape index (κ3) is 4.48. The number of carbonyl (C=O) groups is 2. The first-order valence-corrected chi connectivity index (χ1v) is 5.15. The van der Waals surface area contributed by atoms with Gasteiger partial charge in [0.05, 0.1) is 12.0 Å². The van der Waals surface area contributed by atoms with Crippen molar-refractivity contribution < 1.29 is 36.6 Å². The van der Waals surface area contributed by atoms with E-state index in [0.717, 1.165) is 0 Å². The Balaban J connectivity index is 2.91. The Labute approximate surface area is 109 Å². The monoisotopic (exact) mass is 297 g/mol. The van der Waals surface area contributed by atoms with Gasteiger partial charge in [0.2, 0.25) is 0 Å². The van der Waals surface area contributed by atoms with Crippen LogP contribution in [0.3, 0.4) is 0 Å². The lowest BCUT2D eigenvalue weighted by molar-refractivity contribution is -0.157. The second-order valence-corrected chi connectivity index (χ2v) is 3.81. The standard InChI is InChI=1S/C11H8F5NO3/c12-5-1-2-7(13)6(3-5)9(18)17-8(10(19)20)4-11(14,15)16/h1-3,8H,4H2,(H,17,18)(H,19,20). The van der Waals surface area contributed by atoms with E-state index in [-0.39, 0.29) is 0 Å². The van der Waals surface area contributed by atoms with Crippen LogP contribution in [0, 0.1) is 11.6 Å². The maximum absolute atomic E-state index is 13.2. The van der Waals surface area contributed by atoms with Crippen molar-refractivity contribution in [2.45, 2.75) is 18.6 Å². The highest BCUT2D eigenvalue weighted by molar-refractivity contribution is 5.96. The number of alkyl halides is 3. The molecule has 1 aromatic rings.